The Morgan fingerprint density at radius 2 is 1.86 bits per heavy atom. The third-order valence-electron chi connectivity index (χ3n) is 3.98. The molecule has 0 aliphatic heterocycles. The molecule has 0 N–H and O–H groups in total. The van der Waals surface area contributed by atoms with Gasteiger partial charge in [-0.15, -0.1) is 0 Å². The molecule has 0 amide bonds. The number of benzene rings is 1. The van der Waals surface area contributed by atoms with Crippen molar-refractivity contribution in [2.45, 2.75) is 20.5 Å². The lowest BCUT2D eigenvalue weighted by Gasteiger charge is -2.08. The van der Waals surface area contributed by atoms with E-state index in [1.54, 1.807) is 13.8 Å². The average molecular weight is 353 g/mol. The third kappa shape index (κ3) is 2.97. The standard InChI is InChI=1S/C15H13Cl2F3O2/c1-15(2)11(8(17)5-16)12(15)14(21)22-6-7-9(18)3-4-10(19)13(7)20/h3-5,11-12H,6H2,1-2H3/b8-5-. The number of hydrogen-bond donors (Lipinski definition) is 0. The van der Waals surface area contributed by atoms with Crippen LogP contribution in [0.2, 0.25) is 0 Å². The van der Waals surface area contributed by atoms with E-state index in [9.17, 15) is 18.0 Å². The molecule has 0 heterocycles. The van der Waals surface area contributed by atoms with Crippen molar-refractivity contribution in [3.63, 3.8) is 0 Å². The molecule has 0 spiro atoms. The molecular weight excluding hydrogens is 340 g/mol. The molecule has 0 saturated heterocycles. The van der Waals surface area contributed by atoms with Crippen molar-refractivity contribution >= 4 is 29.2 Å². The molecule has 1 fully saturated rings. The van der Waals surface area contributed by atoms with Gasteiger partial charge in [-0.05, 0) is 17.5 Å². The van der Waals surface area contributed by atoms with E-state index in [2.05, 4.69) is 0 Å². The molecule has 0 radical (unpaired) electrons. The number of carbonyl (C=O) groups is 1. The highest BCUT2D eigenvalue weighted by Gasteiger charge is 2.64. The summed E-state index contributed by atoms with van der Waals surface area (Å²) in [6.45, 7) is 2.92. The van der Waals surface area contributed by atoms with Crippen LogP contribution in [0.1, 0.15) is 19.4 Å². The van der Waals surface area contributed by atoms with Crippen molar-refractivity contribution in [1.29, 1.82) is 0 Å². The van der Waals surface area contributed by atoms with Gasteiger partial charge in [-0.1, -0.05) is 37.0 Å². The molecule has 2 nitrogen and oxygen atoms in total. The fourth-order valence-electron chi connectivity index (χ4n) is 2.59. The number of allylic oxidation sites excluding steroid dienone is 1. The SMILES string of the molecule is CC1(C)C(C(=O)OCc2c(F)ccc(F)c2F)C1/C(Cl)=C/Cl. The van der Waals surface area contributed by atoms with Gasteiger partial charge in [0.25, 0.3) is 0 Å². The third-order valence-corrected chi connectivity index (χ3v) is 4.67. The molecule has 1 saturated carbocycles. The van der Waals surface area contributed by atoms with Gasteiger partial charge in [-0.25, -0.2) is 13.2 Å². The highest BCUT2D eigenvalue weighted by atomic mass is 35.5. The first kappa shape index (κ1) is 17.2. The van der Waals surface area contributed by atoms with E-state index in [1.165, 1.54) is 5.54 Å². The zero-order valence-corrected chi connectivity index (χ0v) is 13.3. The van der Waals surface area contributed by atoms with Crippen molar-refractivity contribution in [3.8, 4) is 0 Å². The number of carbonyl (C=O) groups excluding carboxylic acids is 1. The monoisotopic (exact) mass is 352 g/mol. The van der Waals surface area contributed by atoms with Gasteiger partial charge in [0.05, 0.1) is 11.5 Å². The molecule has 1 aromatic carbocycles. The van der Waals surface area contributed by atoms with Gasteiger partial charge in [0.1, 0.15) is 12.4 Å². The highest BCUT2D eigenvalue weighted by molar-refractivity contribution is 6.37. The van der Waals surface area contributed by atoms with Crippen LogP contribution in [0.25, 0.3) is 0 Å². The van der Waals surface area contributed by atoms with Gasteiger partial charge in [0.2, 0.25) is 0 Å². The molecule has 0 bridgehead atoms. The van der Waals surface area contributed by atoms with E-state index in [0.717, 1.165) is 6.07 Å². The Morgan fingerprint density at radius 3 is 2.45 bits per heavy atom. The predicted molar refractivity (Wildman–Crippen MR) is 76.7 cm³/mol. The first-order valence-electron chi connectivity index (χ1n) is 6.46. The van der Waals surface area contributed by atoms with Gasteiger partial charge in [-0.3, -0.25) is 4.79 Å². The number of halogens is 5. The predicted octanol–water partition coefficient (Wildman–Crippen LogP) is 4.74. The summed E-state index contributed by atoms with van der Waals surface area (Å²) in [6, 6.07) is 1.44. The van der Waals surface area contributed by atoms with Gasteiger partial charge in [-0.2, -0.15) is 0 Å². The quantitative estimate of drug-likeness (QED) is 0.577. The maximum atomic E-state index is 13.5. The second kappa shape index (κ2) is 6.13. The Labute approximate surface area is 135 Å². The summed E-state index contributed by atoms with van der Waals surface area (Å²) in [4.78, 5) is 12.0. The van der Waals surface area contributed by atoms with Gasteiger partial charge < -0.3 is 4.74 Å². The summed E-state index contributed by atoms with van der Waals surface area (Å²) in [6.07, 6.45) is 0. The molecule has 2 unspecified atom stereocenters. The summed E-state index contributed by atoms with van der Waals surface area (Å²) >= 11 is 11.5. The molecule has 7 heteroatoms. The molecule has 1 aliphatic rings. The first-order chi connectivity index (χ1) is 10.2. The Balaban J connectivity index is 2.08. The topological polar surface area (TPSA) is 26.3 Å². The summed E-state index contributed by atoms with van der Waals surface area (Å²) in [5.74, 6) is -5.06. The van der Waals surface area contributed by atoms with Crippen LogP contribution >= 0.6 is 23.2 Å². The van der Waals surface area contributed by atoms with Crippen LogP contribution in [0.4, 0.5) is 13.2 Å². The minimum Gasteiger partial charge on any atom is -0.460 e. The van der Waals surface area contributed by atoms with E-state index in [-0.39, 0.29) is 5.92 Å². The summed E-state index contributed by atoms with van der Waals surface area (Å²) in [5, 5.41) is 0.316. The maximum Gasteiger partial charge on any atom is 0.310 e. The number of esters is 1. The van der Waals surface area contributed by atoms with Crippen molar-refractivity contribution < 1.29 is 22.7 Å². The van der Waals surface area contributed by atoms with E-state index >= 15 is 0 Å². The number of ether oxygens (including phenoxy) is 1. The second-order valence-corrected chi connectivity index (χ2v) is 6.35. The second-order valence-electron chi connectivity index (χ2n) is 5.70. The fraction of sp³-hybridized carbons (Fsp3) is 0.400. The van der Waals surface area contributed by atoms with Crippen molar-refractivity contribution in [2.75, 3.05) is 0 Å². The summed E-state index contributed by atoms with van der Waals surface area (Å²) < 4.78 is 44.9. The van der Waals surface area contributed by atoms with Crippen LogP contribution in [0, 0.1) is 34.7 Å². The maximum absolute atomic E-state index is 13.5. The molecule has 1 aromatic rings. The Bertz CT molecular complexity index is 644. The lowest BCUT2D eigenvalue weighted by atomic mass is 10.1. The van der Waals surface area contributed by atoms with E-state index in [1.807, 2.05) is 0 Å². The van der Waals surface area contributed by atoms with Crippen LogP contribution in [-0.4, -0.2) is 5.97 Å². The van der Waals surface area contributed by atoms with Crippen LogP contribution in [0.5, 0.6) is 0 Å². The lowest BCUT2D eigenvalue weighted by molar-refractivity contribution is -0.147. The van der Waals surface area contributed by atoms with E-state index < -0.39 is 46.9 Å². The van der Waals surface area contributed by atoms with Gasteiger partial charge in [0, 0.05) is 16.5 Å². The first-order valence-corrected chi connectivity index (χ1v) is 7.28. The minimum atomic E-state index is -1.36. The van der Waals surface area contributed by atoms with Crippen molar-refractivity contribution in [1.82, 2.24) is 0 Å². The molecule has 120 valence electrons. The summed E-state index contributed by atoms with van der Waals surface area (Å²) in [5.41, 5.74) is 0.0912. The normalized spacial score (nSPS) is 23.3. The van der Waals surface area contributed by atoms with Crippen molar-refractivity contribution in [3.05, 3.63) is 45.7 Å². The minimum absolute atomic E-state index is 0.304. The average Bonchev–Trinajstić information content (AvgIpc) is 3.04. The molecule has 2 atom stereocenters. The fourth-order valence-corrected chi connectivity index (χ4v) is 3.14. The highest BCUT2D eigenvalue weighted by Crippen LogP contribution is 2.63. The van der Waals surface area contributed by atoms with Gasteiger partial charge >= 0.3 is 5.97 Å². The molecule has 1 aliphatic carbocycles. The molecule has 2 rings (SSSR count). The van der Waals surface area contributed by atoms with Gasteiger partial charge in [0.15, 0.2) is 11.6 Å². The summed E-state index contributed by atoms with van der Waals surface area (Å²) in [7, 11) is 0. The number of rotatable bonds is 4. The number of hydrogen-bond acceptors (Lipinski definition) is 2. The Kier molecular flexibility index (Phi) is 4.78. The Morgan fingerprint density at radius 1 is 1.27 bits per heavy atom. The molecule has 0 aromatic heterocycles. The zero-order chi connectivity index (χ0) is 16.7. The van der Waals surface area contributed by atoms with Crippen molar-refractivity contribution in [2.24, 2.45) is 17.3 Å². The van der Waals surface area contributed by atoms with Crippen LogP contribution in [-0.2, 0) is 16.1 Å². The van der Waals surface area contributed by atoms with Crippen LogP contribution in [0.15, 0.2) is 22.7 Å². The zero-order valence-electron chi connectivity index (χ0n) is 11.8. The smallest absolute Gasteiger partial charge is 0.310 e. The molecule has 22 heavy (non-hydrogen) atoms. The van der Waals surface area contributed by atoms with Crippen LogP contribution < -0.4 is 0 Å². The lowest BCUT2D eigenvalue weighted by Crippen LogP contribution is -2.12. The van der Waals surface area contributed by atoms with E-state index in [0.29, 0.717) is 11.1 Å². The largest absolute Gasteiger partial charge is 0.460 e. The molecular formula is C15H13Cl2F3O2. The Hall–Kier alpha value is -1.20. The van der Waals surface area contributed by atoms with E-state index in [4.69, 9.17) is 27.9 Å². The van der Waals surface area contributed by atoms with Crippen LogP contribution in [0.3, 0.4) is 0 Å².